The number of benzene rings is 1. The number of nitrogens with two attached hydrogens (primary N) is 1. The van der Waals surface area contributed by atoms with E-state index < -0.39 is 0 Å². The highest BCUT2D eigenvalue weighted by molar-refractivity contribution is 5.48. The van der Waals surface area contributed by atoms with Gasteiger partial charge in [-0.15, -0.1) is 0 Å². The summed E-state index contributed by atoms with van der Waals surface area (Å²) in [7, 11) is 1.68. The van der Waals surface area contributed by atoms with Crippen molar-refractivity contribution in [2.75, 3.05) is 12.8 Å². The molecule has 0 aliphatic heterocycles. The van der Waals surface area contributed by atoms with Crippen LogP contribution in [0.5, 0.6) is 5.75 Å². The zero-order valence-corrected chi connectivity index (χ0v) is 13.8. The topological polar surface area (TPSA) is 44.5 Å². The molecule has 0 radical (unpaired) electrons. The fourth-order valence-electron chi connectivity index (χ4n) is 3.38. The zero-order chi connectivity index (χ0) is 15.4. The second kappa shape index (κ2) is 7.17. The Bertz CT molecular complexity index is 459. The largest absolute Gasteiger partial charge is 0.496 e. The molecule has 0 bridgehead atoms. The van der Waals surface area contributed by atoms with Crippen LogP contribution in [-0.2, 0) is 11.3 Å². The van der Waals surface area contributed by atoms with Gasteiger partial charge < -0.3 is 15.2 Å². The van der Waals surface area contributed by atoms with Gasteiger partial charge in [-0.05, 0) is 36.7 Å². The third kappa shape index (κ3) is 4.13. The molecular formula is C18H29NO2. The Morgan fingerprint density at radius 1 is 1.29 bits per heavy atom. The lowest BCUT2D eigenvalue weighted by Crippen LogP contribution is -2.34. The van der Waals surface area contributed by atoms with Crippen LogP contribution in [0.3, 0.4) is 0 Å². The Morgan fingerprint density at radius 2 is 2.05 bits per heavy atom. The van der Waals surface area contributed by atoms with Crippen LogP contribution in [0.1, 0.15) is 45.6 Å². The monoisotopic (exact) mass is 291 g/mol. The van der Waals surface area contributed by atoms with Gasteiger partial charge in [-0.2, -0.15) is 0 Å². The van der Waals surface area contributed by atoms with Crippen LogP contribution >= 0.6 is 0 Å². The smallest absolute Gasteiger partial charge is 0.126 e. The first-order valence-corrected chi connectivity index (χ1v) is 8.05. The van der Waals surface area contributed by atoms with Crippen LogP contribution in [0.2, 0.25) is 0 Å². The van der Waals surface area contributed by atoms with Crippen LogP contribution in [-0.4, -0.2) is 13.2 Å². The van der Waals surface area contributed by atoms with Crippen molar-refractivity contribution < 1.29 is 9.47 Å². The van der Waals surface area contributed by atoms with Gasteiger partial charge >= 0.3 is 0 Å². The van der Waals surface area contributed by atoms with Gasteiger partial charge in [0.2, 0.25) is 0 Å². The lowest BCUT2D eigenvalue weighted by atomic mass is 9.75. The van der Waals surface area contributed by atoms with Crippen molar-refractivity contribution in [2.24, 2.45) is 17.8 Å². The van der Waals surface area contributed by atoms with Gasteiger partial charge in [-0.1, -0.05) is 33.3 Å². The van der Waals surface area contributed by atoms with E-state index in [2.05, 4.69) is 20.8 Å². The van der Waals surface area contributed by atoms with Gasteiger partial charge in [0.1, 0.15) is 5.75 Å². The fraction of sp³-hybridized carbons (Fsp3) is 0.667. The minimum atomic E-state index is 0.357. The molecule has 1 fully saturated rings. The third-order valence-electron chi connectivity index (χ3n) is 4.73. The molecule has 118 valence electrons. The van der Waals surface area contributed by atoms with Crippen LogP contribution in [0.25, 0.3) is 0 Å². The zero-order valence-electron chi connectivity index (χ0n) is 13.8. The SMILES string of the molecule is COc1cc(N)ccc1COC1CC(C)CCC1C(C)C. The number of anilines is 1. The van der Waals surface area contributed by atoms with Gasteiger partial charge in [0.15, 0.2) is 0 Å². The fourth-order valence-corrected chi connectivity index (χ4v) is 3.38. The molecule has 2 rings (SSSR count). The number of hydrogen-bond acceptors (Lipinski definition) is 3. The van der Waals surface area contributed by atoms with Crippen molar-refractivity contribution in [3.63, 3.8) is 0 Å². The second-order valence-corrected chi connectivity index (χ2v) is 6.75. The molecule has 1 aliphatic carbocycles. The Labute approximate surface area is 128 Å². The van der Waals surface area contributed by atoms with Crippen LogP contribution in [0.4, 0.5) is 5.69 Å². The summed E-state index contributed by atoms with van der Waals surface area (Å²) < 4.78 is 11.7. The lowest BCUT2D eigenvalue weighted by molar-refractivity contribution is -0.0477. The highest BCUT2D eigenvalue weighted by Gasteiger charge is 2.31. The van der Waals surface area contributed by atoms with E-state index in [1.54, 1.807) is 7.11 Å². The van der Waals surface area contributed by atoms with E-state index in [1.807, 2.05) is 18.2 Å². The van der Waals surface area contributed by atoms with E-state index in [0.717, 1.165) is 22.9 Å². The number of ether oxygens (including phenoxy) is 2. The van der Waals surface area contributed by atoms with Crippen molar-refractivity contribution in [3.8, 4) is 5.75 Å². The lowest BCUT2D eigenvalue weighted by Gasteiger charge is -2.37. The number of rotatable bonds is 5. The first-order chi connectivity index (χ1) is 10.0. The molecule has 21 heavy (non-hydrogen) atoms. The van der Waals surface area contributed by atoms with Crippen molar-refractivity contribution in [1.29, 1.82) is 0 Å². The summed E-state index contributed by atoms with van der Waals surface area (Å²) in [5.74, 6) is 2.93. The van der Waals surface area contributed by atoms with Crippen molar-refractivity contribution in [3.05, 3.63) is 23.8 Å². The molecule has 1 aromatic carbocycles. The van der Waals surface area contributed by atoms with Gasteiger partial charge in [0.25, 0.3) is 0 Å². The van der Waals surface area contributed by atoms with Gasteiger partial charge in [-0.3, -0.25) is 0 Å². The van der Waals surface area contributed by atoms with E-state index in [1.165, 1.54) is 19.3 Å². The summed E-state index contributed by atoms with van der Waals surface area (Å²) in [4.78, 5) is 0. The summed E-state index contributed by atoms with van der Waals surface area (Å²) in [6.45, 7) is 7.54. The maximum Gasteiger partial charge on any atom is 0.126 e. The summed E-state index contributed by atoms with van der Waals surface area (Å²) in [5, 5.41) is 0. The molecule has 3 atom stereocenters. The molecule has 3 nitrogen and oxygen atoms in total. The van der Waals surface area contributed by atoms with Crippen LogP contribution in [0.15, 0.2) is 18.2 Å². The van der Waals surface area contributed by atoms with Gasteiger partial charge in [0.05, 0.1) is 19.8 Å². The first-order valence-electron chi connectivity index (χ1n) is 8.05. The van der Waals surface area contributed by atoms with Gasteiger partial charge in [0, 0.05) is 17.3 Å². The van der Waals surface area contributed by atoms with E-state index in [0.29, 0.717) is 24.5 Å². The molecule has 1 aliphatic rings. The predicted octanol–water partition coefficient (Wildman–Crippen LogP) is 4.25. The average Bonchev–Trinajstić information content (AvgIpc) is 2.45. The summed E-state index contributed by atoms with van der Waals surface area (Å²) in [5.41, 5.74) is 7.60. The van der Waals surface area contributed by atoms with Crippen molar-refractivity contribution >= 4 is 5.69 Å². The molecule has 3 unspecified atom stereocenters. The third-order valence-corrected chi connectivity index (χ3v) is 4.73. The maximum absolute atomic E-state index is 6.27. The van der Waals surface area contributed by atoms with E-state index in [-0.39, 0.29) is 0 Å². The first kappa shape index (κ1) is 16.2. The summed E-state index contributed by atoms with van der Waals surface area (Å²) in [6.07, 6.45) is 4.13. The van der Waals surface area contributed by atoms with Crippen LogP contribution < -0.4 is 10.5 Å². The van der Waals surface area contributed by atoms with Crippen molar-refractivity contribution in [1.82, 2.24) is 0 Å². The predicted molar refractivity (Wildman–Crippen MR) is 87.3 cm³/mol. The molecule has 3 heteroatoms. The van der Waals surface area contributed by atoms with E-state index in [9.17, 15) is 0 Å². The standard InChI is InChI=1S/C18H29NO2/c1-12(2)16-8-5-13(3)9-18(16)21-11-14-6-7-15(19)10-17(14)20-4/h6-7,10,12-13,16,18H,5,8-9,11,19H2,1-4H3. The number of hydrogen-bond donors (Lipinski definition) is 1. The molecule has 0 saturated heterocycles. The highest BCUT2D eigenvalue weighted by Crippen LogP contribution is 2.36. The summed E-state index contributed by atoms with van der Waals surface area (Å²) >= 11 is 0. The quantitative estimate of drug-likeness (QED) is 0.825. The average molecular weight is 291 g/mol. The molecule has 2 N–H and O–H groups in total. The highest BCUT2D eigenvalue weighted by atomic mass is 16.5. The molecule has 0 heterocycles. The Kier molecular flexibility index (Phi) is 5.51. The maximum atomic E-state index is 6.27. The number of methoxy groups -OCH3 is 1. The summed E-state index contributed by atoms with van der Waals surface area (Å²) in [6, 6.07) is 5.78. The second-order valence-electron chi connectivity index (χ2n) is 6.75. The molecule has 0 aromatic heterocycles. The Hall–Kier alpha value is -1.22. The van der Waals surface area contributed by atoms with E-state index in [4.69, 9.17) is 15.2 Å². The molecule has 0 amide bonds. The minimum absolute atomic E-state index is 0.357. The minimum Gasteiger partial charge on any atom is -0.496 e. The normalized spacial score (nSPS) is 26.0. The van der Waals surface area contributed by atoms with E-state index >= 15 is 0 Å². The molecule has 0 spiro atoms. The van der Waals surface area contributed by atoms with Gasteiger partial charge in [-0.25, -0.2) is 0 Å². The molecular weight excluding hydrogens is 262 g/mol. The number of nitrogen functional groups attached to an aromatic ring is 1. The van der Waals surface area contributed by atoms with Crippen molar-refractivity contribution in [2.45, 2.75) is 52.7 Å². The van der Waals surface area contributed by atoms with Crippen LogP contribution in [0, 0.1) is 17.8 Å². The Balaban J connectivity index is 2.03. The molecule has 1 saturated carbocycles. The molecule has 1 aromatic rings. The Morgan fingerprint density at radius 3 is 2.71 bits per heavy atom.